The maximum absolute atomic E-state index is 13.6. The SMILES string of the molecule is CC(=O)N[C@@H](CC(=O)O)C(=O)N[C@@H](Cc1ccc(O)cc1)C(=O)N[C@@H](CCC(N)=O)C(=O)N[C@@H](CCC(N)=O)C(=O)N[C@@H](CC(=O)O)C(N)=O. The van der Waals surface area contributed by atoms with Gasteiger partial charge in [-0.1, -0.05) is 12.1 Å². The van der Waals surface area contributed by atoms with E-state index in [1.54, 1.807) is 0 Å². The number of nitrogens with one attached hydrogen (secondary N) is 5. The highest BCUT2D eigenvalue weighted by Crippen LogP contribution is 2.13. The first-order valence-electron chi connectivity index (χ1n) is 14.8. The Bertz CT molecular complexity index is 1450. The van der Waals surface area contributed by atoms with Crippen molar-refractivity contribution in [1.82, 2.24) is 26.6 Å². The minimum absolute atomic E-state index is 0.130. The Morgan fingerprint density at radius 3 is 1.36 bits per heavy atom. The largest absolute Gasteiger partial charge is 0.508 e. The van der Waals surface area contributed by atoms with E-state index in [1.165, 1.54) is 24.3 Å². The van der Waals surface area contributed by atoms with Crippen LogP contribution in [0.3, 0.4) is 0 Å². The summed E-state index contributed by atoms with van der Waals surface area (Å²) in [4.78, 5) is 122. The summed E-state index contributed by atoms with van der Waals surface area (Å²) < 4.78 is 0. The average molecular weight is 709 g/mol. The fourth-order valence-corrected chi connectivity index (χ4v) is 4.30. The first kappa shape index (κ1) is 41.7. The molecule has 50 heavy (non-hydrogen) atoms. The van der Waals surface area contributed by atoms with Gasteiger partial charge < -0.3 is 59.1 Å². The summed E-state index contributed by atoms with van der Waals surface area (Å²) in [5, 5.41) is 39.0. The fourth-order valence-electron chi connectivity index (χ4n) is 4.30. The van der Waals surface area contributed by atoms with Crippen LogP contribution in [0.25, 0.3) is 0 Å². The van der Waals surface area contributed by atoms with E-state index >= 15 is 0 Å². The number of rotatable bonds is 22. The van der Waals surface area contributed by atoms with Gasteiger partial charge in [-0.25, -0.2) is 0 Å². The molecule has 0 unspecified atom stereocenters. The van der Waals surface area contributed by atoms with Crippen LogP contribution in [0.2, 0.25) is 0 Å². The summed E-state index contributed by atoms with van der Waals surface area (Å²) in [6, 6.07) is -2.88. The number of carbonyl (C=O) groups excluding carboxylic acids is 8. The van der Waals surface area contributed by atoms with Gasteiger partial charge in [0.1, 0.15) is 36.0 Å². The van der Waals surface area contributed by atoms with Crippen LogP contribution in [0.15, 0.2) is 24.3 Å². The van der Waals surface area contributed by atoms with Crippen molar-refractivity contribution in [3.8, 4) is 5.75 Å². The molecule has 0 aliphatic carbocycles. The van der Waals surface area contributed by atoms with E-state index in [-0.39, 0.29) is 12.2 Å². The van der Waals surface area contributed by atoms with Crippen LogP contribution < -0.4 is 43.8 Å². The summed E-state index contributed by atoms with van der Waals surface area (Å²) >= 11 is 0. The van der Waals surface area contributed by atoms with Gasteiger partial charge in [-0.3, -0.25) is 47.9 Å². The Balaban J connectivity index is 3.42. The summed E-state index contributed by atoms with van der Waals surface area (Å²) in [5.74, 6) is -11.3. The van der Waals surface area contributed by atoms with Crippen molar-refractivity contribution in [3.05, 3.63) is 29.8 Å². The van der Waals surface area contributed by atoms with Crippen LogP contribution in [-0.4, -0.2) is 105 Å². The zero-order chi connectivity index (χ0) is 38.1. The number of nitrogens with two attached hydrogens (primary N) is 3. The Hall–Kier alpha value is -6.28. The lowest BCUT2D eigenvalue weighted by Gasteiger charge is -2.26. The monoisotopic (exact) mass is 708 g/mol. The van der Waals surface area contributed by atoms with E-state index < -0.39 is 128 Å². The minimum atomic E-state index is -1.72. The molecule has 0 radical (unpaired) electrons. The number of primary amides is 3. The molecular formula is C29H40N8O13. The number of carboxylic acid groups (broad SMARTS) is 2. The zero-order valence-corrected chi connectivity index (χ0v) is 26.8. The quantitative estimate of drug-likeness (QED) is 0.0540. The van der Waals surface area contributed by atoms with Gasteiger partial charge in [0.2, 0.25) is 47.3 Å². The van der Waals surface area contributed by atoms with Gasteiger partial charge in [0.25, 0.3) is 0 Å². The molecule has 0 heterocycles. The number of hydrogen-bond acceptors (Lipinski definition) is 11. The van der Waals surface area contributed by atoms with Crippen molar-refractivity contribution < 1.29 is 63.3 Å². The summed E-state index contributed by atoms with van der Waals surface area (Å²) in [7, 11) is 0. The smallest absolute Gasteiger partial charge is 0.305 e. The van der Waals surface area contributed by atoms with E-state index in [0.29, 0.717) is 5.56 Å². The predicted octanol–water partition coefficient (Wildman–Crippen LogP) is -4.66. The summed E-state index contributed by atoms with van der Waals surface area (Å²) in [5.41, 5.74) is 15.9. The molecule has 0 bridgehead atoms. The van der Waals surface area contributed by atoms with Gasteiger partial charge in [-0.2, -0.15) is 0 Å². The lowest BCUT2D eigenvalue weighted by molar-refractivity contribution is -0.141. The molecule has 1 rings (SSSR count). The topological polar surface area (TPSA) is 370 Å². The molecule has 5 atom stereocenters. The maximum Gasteiger partial charge on any atom is 0.305 e. The van der Waals surface area contributed by atoms with Crippen LogP contribution >= 0.6 is 0 Å². The van der Waals surface area contributed by atoms with E-state index in [9.17, 15) is 58.2 Å². The Labute approximate surface area is 284 Å². The number of aliphatic carboxylic acids is 2. The highest BCUT2D eigenvalue weighted by atomic mass is 16.4. The van der Waals surface area contributed by atoms with Crippen LogP contribution in [0.1, 0.15) is 51.0 Å². The van der Waals surface area contributed by atoms with Crippen molar-refractivity contribution >= 4 is 59.2 Å². The van der Waals surface area contributed by atoms with Crippen molar-refractivity contribution in [1.29, 1.82) is 0 Å². The predicted molar refractivity (Wildman–Crippen MR) is 168 cm³/mol. The number of phenols is 1. The molecular weight excluding hydrogens is 668 g/mol. The van der Waals surface area contributed by atoms with Gasteiger partial charge in [0.15, 0.2) is 0 Å². The molecule has 21 nitrogen and oxygen atoms in total. The Morgan fingerprint density at radius 2 is 0.960 bits per heavy atom. The molecule has 8 amide bonds. The third-order valence-electron chi connectivity index (χ3n) is 6.75. The number of hydrogen-bond donors (Lipinski definition) is 11. The van der Waals surface area contributed by atoms with E-state index in [4.69, 9.17) is 22.3 Å². The Morgan fingerprint density at radius 1 is 0.580 bits per heavy atom. The minimum Gasteiger partial charge on any atom is -0.508 e. The van der Waals surface area contributed by atoms with Gasteiger partial charge in [-0.15, -0.1) is 0 Å². The molecule has 0 aliphatic heterocycles. The van der Waals surface area contributed by atoms with Crippen LogP contribution in [0.5, 0.6) is 5.75 Å². The average Bonchev–Trinajstić information content (AvgIpc) is 2.99. The Kier molecular flexibility index (Phi) is 16.8. The number of carboxylic acids is 2. The molecule has 1 aromatic carbocycles. The molecule has 21 heteroatoms. The second kappa shape index (κ2) is 20.2. The molecule has 274 valence electrons. The number of carbonyl (C=O) groups is 10. The highest BCUT2D eigenvalue weighted by molar-refractivity contribution is 5.97. The van der Waals surface area contributed by atoms with Gasteiger partial charge in [0.05, 0.1) is 12.8 Å². The molecule has 0 aliphatic rings. The molecule has 0 saturated carbocycles. The van der Waals surface area contributed by atoms with Gasteiger partial charge in [-0.05, 0) is 30.5 Å². The zero-order valence-electron chi connectivity index (χ0n) is 26.8. The molecule has 14 N–H and O–H groups in total. The maximum atomic E-state index is 13.6. The van der Waals surface area contributed by atoms with E-state index in [2.05, 4.69) is 26.6 Å². The third kappa shape index (κ3) is 16.0. The van der Waals surface area contributed by atoms with Gasteiger partial charge >= 0.3 is 11.9 Å². The first-order valence-corrected chi connectivity index (χ1v) is 14.8. The third-order valence-corrected chi connectivity index (χ3v) is 6.75. The molecule has 0 fully saturated rings. The van der Waals surface area contributed by atoms with Crippen LogP contribution in [0, 0.1) is 0 Å². The van der Waals surface area contributed by atoms with Crippen molar-refractivity contribution in [2.45, 2.75) is 82.1 Å². The first-order chi connectivity index (χ1) is 23.3. The summed E-state index contributed by atoms with van der Waals surface area (Å²) in [6.07, 6.45) is -3.98. The standard InChI is InChI=1S/C29H40N8O13/c1-13(38)33-20(12-24(44)45)29(50)37-19(10-14-2-4-15(39)5-3-14)28(49)35-16(6-8-21(30)40)26(47)34-17(7-9-22(31)41)27(48)36-18(25(32)46)11-23(42)43/h2-5,16-20,39H,6-12H2,1H3,(H2,30,40)(H2,31,41)(H2,32,46)(H,33,38)(H,34,47)(H,35,49)(H,36,48)(H,37,50)(H,42,43)(H,44,45)/t16-,17-,18-,19-,20-/m0/s1. The lowest BCUT2D eigenvalue weighted by atomic mass is 10.0. The van der Waals surface area contributed by atoms with Gasteiger partial charge in [0, 0.05) is 26.2 Å². The molecule has 0 aromatic heterocycles. The highest BCUT2D eigenvalue weighted by Gasteiger charge is 2.33. The van der Waals surface area contributed by atoms with Crippen molar-refractivity contribution in [2.24, 2.45) is 17.2 Å². The molecule has 1 aromatic rings. The fraction of sp³-hybridized carbons (Fsp3) is 0.448. The van der Waals surface area contributed by atoms with Crippen LogP contribution in [-0.2, 0) is 54.4 Å². The summed E-state index contributed by atoms with van der Waals surface area (Å²) in [6.45, 7) is 1.03. The van der Waals surface area contributed by atoms with E-state index in [1.807, 2.05) is 0 Å². The number of aromatic hydroxyl groups is 1. The van der Waals surface area contributed by atoms with Crippen molar-refractivity contribution in [3.63, 3.8) is 0 Å². The number of benzene rings is 1. The number of phenolic OH excluding ortho intramolecular Hbond substituents is 1. The van der Waals surface area contributed by atoms with Crippen LogP contribution in [0.4, 0.5) is 0 Å². The van der Waals surface area contributed by atoms with Crippen molar-refractivity contribution in [2.75, 3.05) is 0 Å². The molecule has 0 spiro atoms. The normalized spacial score (nSPS) is 13.5. The molecule has 0 saturated heterocycles. The lowest BCUT2D eigenvalue weighted by Crippen LogP contribution is -2.59. The van der Waals surface area contributed by atoms with E-state index in [0.717, 1.165) is 6.92 Å². The second-order valence-electron chi connectivity index (χ2n) is 11.0. The number of amides is 8. The second-order valence-corrected chi connectivity index (χ2v) is 11.0.